The molecule has 0 heterocycles. The number of hydrogen-bond acceptors (Lipinski definition) is 7. The van der Waals surface area contributed by atoms with Crippen LogP contribution < -0.4 is 14.3 Å². The lowest BCUT2D eigenvalue weighted by Crippen LogP contribution is -2.18. The molecule has 144 valence electrons. The number of nitrogens with zero attached hydrogens (tertiary/aromatic N) is 1. The second kappa shape index (κ2) is 9.04. The number of hydrazone groups is 1. The van der Waals surface area contributed by atoms with Crippen LogP contribution >= 0.6 is 0 Å². The summed E-state index contributed by atoms with van der Waals surface area (Å²) < 4.78 is 39.9. The molecular formula is C18H20N2O6S. The van der Waals surface area contributed by atoms with Gasteiger partial charge in [-0.2, -0.15) is 13.5 Å². The van der Waals surface area contributed by atoms with E-state index in [2.05, 4.69) is 15.3 Å². The molecule has 0 saturated heterocycles. The van der Waals surface area contributed by atoms with E-state index < -0.39 is 16.2 Å². The van der Waals surface area contributed by atoms with E-state index in [4.69, 9.17) is 8.92 Å². The van der Waals surface area contributed by atoms with Gasteiger partial charge in [0.05, 0.1) is 19.9 Å². The number of hydrogen-bond donors (Lipinski definition) is 1. The topological polar surface area (TPSA) is 103 Å². The molecule has 0 unspecified atom stereocenters. The highest BCUT2D eigenvalue weighted by atomic mass is 32.2. The normalized spacial score (nSPS) is 11.2. The Labute approximate surface area is 157 Å². The molecule has 0 aliphatic heterocycles. The zero-order valence-corrected chi connectivity index (χ0v) is 15.9. The lowest BCUT2D eigenvalue weighted by molar-refractivity contribution is 0.152. The molecule has 0 radical (unpaired) electrons. The van der Waals surface area contributed by atoms with Gasteiger partial charge in [-0.1, -0.05) is 17.7 Å². The fourth-order valence-electron chi connectivity index (χ4n) is 2.03. The molecule has 0 fully saturated rings. The number of rotatable bonds is 7. The maximum atomic E-state index is 12.4. The maximum Gasteiger partial charge on any atom is 0.427 e. The van der Waals surface area contributed by atoms with Gasteiger partial charge in [0.15, 0.2) is 11.5 Å². The first-order valence-corrected chi connectivity index (χ1v) is 9.41. The predicted molar refractivity (Wildman–Crippen MR) is 99.7 cm³/mol. The van der Waals surface area contributed by atoms with Gasteiger partial charge in [0.25, 0.3) is 0 Å². The Hall–Kier alpha value is -3.07. The summed E-state index contributed by atoms with van der Waals surface area (Å²) in [7, 11) is -2.61. The number of ether oxygens (including phenoxy) is 2. The van der Waals surface area contributed by atoms with Crippen LogP contribution in [0.5, 0.6) is 11.5 Å². The van der Waals surface area contributed by atoms with E-state index in [1.807, 2.05) is 6.92 Å². The predicted octanol–water partition coefficient (Wildman–Crippen LogP) is 2.85. The third-order valence-corrected chi connectivity index (χ3v) is 4.59. The van der Waals surface area contributed by atoms with Crippen LogP contribution in [0.3, 0.4) is 0 Å². The van der Waals surface area contributed by atoms with E-state index >= 15 is 0 Å². The molecule has 0 aromatic heterocycles. The SMILES string of the molecule is CCOC(=O)N/N=C/c1ccc(OS(=O)(=O)c2ccc(C)cc2)c(OC)c1. The fraction of sp³-hybridized carbons (Fsp3) is 0.222. The van der Waals surface area contributed by atoms with Crippen molar-refractivity contribution in [3.05, 3.63) is 53.6 Å². The Balaban J connectivity index is 2.17. The van der Waals surface area contributed by atoms with Gasteiger partial charge in [-0.15, -0.1) is 0 Å². The summed E-state index contributed by atoms with van der Waals surface area (Å²) in [4.78, 5) is 11.2. The first-order chi connectivity index (χ1) is 12.9. The van der Waals surface area contributed by atoms with Crippen molar-refractivity contribution in [1.82, 2.24) is 5.43 Å². The highest BCUT2D eigenvalue weighted by Crippen LogP contribution is 2.30. The standard InChI is InChI=1S/C18H20N2O6S/c1-4-25-18(21)20-19-12-14-7-10-16(17(11-14)24-3)26-27(22,23)15-8-5-13(2)6-9-15/h5-12H,4H2,1-3H3,(H,20,21)/b19-12+. The molecule has 2 rings (SSSR count). The molecule has 0 saturated carbocycles. The van der Waals surface area contributed by atoms with Gasteiger partial charge in [0, 0.05) is 0 Å². The number of aryl methyl sites for hydroxylation is 1. The van der Waals surface area contributed by atoms with Crippen LogP contribution in [0.1, 0.15) is 18.1 Å². The average Bonchev–Trinajstić information content (AvgIpc) is 2.63. The second-order valence-electron chi connectivity index (χ2n) is 5.35. The van der Waals surface area contributed by atoms with Crippen LogP contribution in [-0.4, -0.2) is 34.4 Å². The second-order valence-corrected chi connectivity index (χ2v) is 6.90. The Bertz CT molecular complexity index is 923. The van der Waals surface area contributed by atoms with Crippen LogP contribution in [-0.2, 0) is 14.9 Å². The molecule has 2 aromatic rings. The van der Waals surface area contributed by atoms with Crippen molar-refractivity contribution in [2.24, 2.45) is 5.10 Å². The Morgan fingerprint density at radius 1 is 1.15 bits per heavy atom. The molecule has 0 spiro atoms. The van der Waals surface area contributed by atoms with Gasteiger partial charge in [-0.25, -0.2) is 10.2 Å². The number of benzene rings is 2. The van der Waals surface area contributed by atoms with E-state index in [9.17, 15) is 13.2 Å². The van der Waals surface area contributed by atoms with Gasteiger partial charge in [0.1, 0.15) is 4.90 Å². The molecule has 0 bridgehead atoms. The fourth-order valence-corrected chi connectivity index (χ4v) is 2.97. The molecule has 1 amide bonds. The number of amides is 1. The molecule has 8 nitrogen and oxygen atoms in total. The summed E-state index contributed by atoms with van der Waals surface area (Å²) in [5.41, 5.74) is 3.68. The summed E-state index contributed by atoms with van der Waals surface area (Å²) >= 11 is 0. The minimum Gasteiger partial charge on any atom is -0.493 e. The zero-order chi connectivity index (χ0) is 19.9. The minimum atomic E-state index is -4.00. The number of carbonyl (C=O) groups excluding carboxylic acids is 1. The molecule has 2 aromatic carbocycles. The van der Waals surface area contributed by atoms with Crippen molar-refractivity contribution in [2.45, 2.75) is 18.7 Å². The van der Waals surface area contributed by atoms with Gasteiger partial charge in [-0.05, 0) is 49.7 Å². The number of carbonyl (C=O) groups is 1. The van der Waals surface area contributed by atoms with E-state index in [0.29, 0.717) is 5.56 Å². The minimum absolute atomic E-state index is 0.0357. The molecule has 0 atom stereocenters. The van der Waals surface area contributed by atoms with E-state index in [0.717, 1.165) is 5.56 Å². The quantitative estimate of drug-likeness (QED) is 0.441. The molecule has 27 heavy (non-hydrogen) atoms. The highest BCUT2D eigenvalue weighted by Gasteiger charge is 2.19. The first kappa shape index (κ1) is 20.2. The largest absolute Gasteiger partial charge is 0.493 e. The van der Waals surface area contributed by atoms with Crippen molar-refractivity contribution in [3.63, 3.8) is 0 Å². The summed E-state index contributed by atoms with van der Waals surface area (Å²) in [5, 5.41) is 3.73. The lowest BCUT2D eigenvalue weighted by Gasteiger charge is -2.11. The smallest absolute Gasteiger partial charge is 0.427 e. The van der Waals surface area contributed by atoms with Crippen molar-refractivity contribution >= 4 is 22.4 Å². The number of nitrogens with one attached hydrogen (secondary N) is 1. The van der Waals surface area contributed by atoms with Gasteiger partial charge < -0.3 is 13.7 Å². The zero-order valence-electron chi connectivity index (χ0n) is 15.1. The van der Waals surface area contributed by atoms with Crippen LogP contribution in [0.25, 0.3) is 0 Å². The number of methoxy groups -OCH3 is 1. The van der Waals surface area contributed by atoms with Gasteiger partial charge in [-0.3, -0.25) is 0 Å². The molecule has 9 heteroatoms. The van der Waals surface area contributed by atoms with E-state index in [1.54, 1.807) is 25.1 Å². The van der Waals surface area contributed by atoms with E-state index in [1.165, 1.54) is 37.6 Å². The summed E-state index contributed by atoms with van der Waals surface area (Å²) in [6.07, 6.45) is 0.683. The molecule has 1 N–H and O–H groups in total. The van der Waals surface area contributed by atoms with Crippen molar-refractivity contribution in [1.29, 1.82) is 0 Å². The van der Waals surface area contributed by atoms with Crippen molar-refractivity contribution < 1.29 is 26.9 Å². The third-order valence-electron chi connectivity index (χ3n) is 3.34. The van der Waals surface area contributed by atoms with Crippen LogP contribution in [0, 0.1) is 6.92 Å². The van der Waals surface area contributed by atoms with Gasteiger partial charge >= 0.3 is 16.2 Å². The van der Waals surface area contributed by atoms with E-state index in [-0.39, 0.29) is 23.0 Å². The summed E-state index contributed by atoms with van der Waals surface area (Å²) in [6.45, 7) is 3.77. The third kappa shape index (κ3) is 5.71. The molecule has 0 aliphatic carbocycles. The first-order valence-electron chi connectivity index (χ1n) is 8.00. The van der Waals surface area contributed by atoms with Crippen molar-refractivity contribution in [2.75, 3.05) is 13.7 Å². The Morgan fingerprint density at radius 2 is 1.85 bits per heavy atom. The van der Waals surface area contributed by atoms with Crippen LogP contribution in [0.15, 0.2) is 52.5 Å². The summed E-state index contributed by atoms with van der Waals surface area (Å²) in [5.74, 6) is 0.236. The Morgan fingerprint density at radius 3 is 2.48 bits per heavy atom. The molecular weight excluding hydrogens is 372 g/mol. The maximum absolute atomic E-state index is 12.4. The monoisotopic (exact) mass is 392 g/mol. The summed E-state index contributed by atoms with van der Waals surface area (Å²) in [6, 6.07) is 10.8. The van der Waals surface area contributed by atoms with Crippen molar-refractivity contribution in [3.8, 4) is 11.5 Å². The van der Waals surface area contributed by atoms with Gasteiger partial charge in [0.2, 0.25) is 0 Å². The lowest BCUT2D eigenvalue weighted by atomic mass is 10.2. The van der Waals surface area contributed by atoms with Crippen LogP contribution in [0.4, 0.5) is 4.79 Å². The highest BCUT2D eigenvalue weighted by molar-refractivity contribution is 7.87. The Kier molecular flexibility index (Phi) is 6.78. The van der Waals surface area contributed by atoms with Crippen LogP contribution in [0.2, 0.25) is 0 Å². The average molecular weight is 392 g/mol. The molecule has 0 aliphatic rings.